The number of methoxy groups -OCH3 is 1. The summed E-state index contributed by atoms with van der Waals surface area (Å²) in [6.07, 6.45) is 1.90. The molecule has 1 fully saturated rings. The van der Waals surface area contributed by atoms with Gasteiger partial charge in [0.15, 0.2) is 0 Å². The molecule has 28 heavy (non-hydrogen) atoms. The summed E-state index contributed by atoms with van der Waals surface area (Å²) in [6.45, 7) is 1.66. The minimum atomic E-state index is -0.974. The Labute approximate surface area is 163 Å². The monoisotopic (exact) mass is 378 g/mol. The van der Waals surface area contributed by atoms with E-state index in [-0.39, 0.29) is 11.5 Å². The predicted molar refractivity (Wildman–Crippen MR) is 108 cm³/mol. The van der Waals surface area contributed by atoms with Gasteiger partial charge in [-0.15, -0.1) is 0 Å². The lowest BCUT2D eigenvalue weighted by molar-refractivity contribution is -0.135. The van der Waals surface area contributed by atoms with E-state index in [9.17, 15) is 14.7 Å². The van der Waals surface area contributed by atoms with Crippen molar-refractivity contribution in [3.05, 3.63) is 65.4 Å². The van der Waals surface area contributed by atoms with Crippen LogP contribution in [-0.2, 0) is 9.53 Å². The van der Waals surface area contributed by atoms with Crippen LogP contribution < -0.4 is 5.73 Å². The van der Waals surface area contributed by atoms with Crippen LogP contribution in [0.1, 0.15) is 30.1 Å². The second kappa shape index (κ2) is 8.08. The zero-order valence-corrected chi connectivity index (χ0v) is 15.8. The number of rotatable bonds is 6. The van der Waals surface area contributed by atoms with Crippen molar-refractivity contribution in [2.45, 2.75) is 19.8 Å². The molecule has 2 aromatic carbocycles. The van der Waals surface area contributed by atoms with E-state index in [0.717, 1.165) is 24.0 Å². The molecule has 1 saturated carbocycles. The van der Waals surface area contributed by atoms with Crippen molar-refractivity contribution in [3.8, 4) is 11.1 Å². The number of nitrogens with two attached hydrogens (primary N) is 1. The number of ether oxygens (including phenoxy) is 1. The highest BCUT2D eigenvalue weighted by atomic mass is 16.5. The molecule has 6 nitrogen and oxygen atoms in total. The molecule has 0 saturated heterocycles. The van der Waals surface area contributed by atoms with Gasteiger partial charge >= 0.3 is 11.9 Å². The number of carboxylic acid groups (broad SMARTS) is 1. The Morgan fingerprint density at radius 1 is 1.11 bits per heavy atom. The SMILES string of the molecule is COC(=O)C(C(=Nc1cccc(-c2cccc(C(=O)O)c2)c1)C1CC1)=C(C)N. The van der Waals surface area contributed by atoms with Gasteiger partial charge in [-0.3, -0.25) is 4.99 Å². The fourth-order valence-corrected chi connectivity index (χ4v) is 3.00. The number of carbonyl (C=O) groups excluding carboxylic acids is 1. The largest absolute Gasteiger partial charge is 0.478 e. The quantitative estimate of drug-likeness (QED) is 0.450. The molecule has 0 unspecified atom stereocenters. The van der Waals surface area contributed by atoms with Crippen molar-refractivity contribution in [2.75, 3.05) is 7.11 Å². The van der Waals surface area contributed by atoms with Crippen molar-refractivity contribution < 1.29 is 19.4 Å². The van der Waals surface area contributed by atoms with Crippen LogP contribution in [0.3, 0.4) is 0 Å². The first-order valence-electron chi connectivity index (χ1n) is 8.98. The lowest BCUT2D eigenvalue weighted by Gasteiger charge is -2.11. The number of hydrogen-bond donors (Lipinski definition) is 2. The van der Waals surface area contributed by atoms with Gasteiger partial charge in [0, 0.05) is 11.6 Å². The molecule has 0 radical (unpaired) electrons. The van der Waals surface area contributed by atoms with E-state index in [0.29, 0.717) is 22.7 Å². The topological polar surface area (TPSA) is 102 Å². The highest BCUT2D eigenvalue weighted by Gasteiger charge is 2.34. The Morgan fingerprint density at radius 2 is 1.75 bits per heavy atom. The Bertz CT molecular complexity index is 984. The van der Waals surface area contributed by atoms with Gasteiger partial charge in [-0.25, -0.2) is 9.59 Å². The highest BCUT2D eigenvalue weighted by Crippen LogP contribution is 2.36. The molecule has 0 atom stereocenters. The molecule has 1 aliphatic rings. The van der Waals surface area contributed by atoms with E-state index in [4.69, 9.17) is 15.5 Å². The number of allylic oxidation sites excluding steroid dienone is 1. The summed E-state index contributed by atoms with van der Waals surface area (Å²) in [4.78, 5) is 28.2. The standard InChI is InChI=1S/C22H22N2O4/c1-13(23)19(22(27)28-2)20(14-9-10-14)24-18-8-4-6-16(12-18)15-5-3-7-17(11-15)21(25)26/h3-8,11-12,14H,9-10,23H2,1-2H3,(H,25,26). The van der Waals surface area contributed by atoms with Gasteiger partial charge in [0.1, 0.15) is 0 Å². The Morgan fingerprint density at radius 3 is 2.32 bits per heavy atom. The molecule has 6 heteroatoms. The fourth-order valence-electron chi connectivity index (χ4n) is 3.00. The van der Waals surface area contributed by atoms with Crippen LogP contribution in [0, 0.1) is 5.92 Å². The van der Waals surface area contributed by atoms with Crippen molar-refractivity contribution in [1.82, 2.24) is 0 Å². The van der Waals surface area contributed by atoms with Crippen molar-refractivity contribution >= 4 is 23.3 Å². The number of carboxylic acids is 1. The molecule has 0 bridgehead atoms. The van der Waals surface area contributed by atoms with Crippen molar-refractivity contribution in [3.63, 3.8) is 0 Å². The predicted octanol–water partition coefficient (Wildman–Crippen LogP) is 3.94. The average molecular weight is 378 g/mol. The Kier molecular flexibility index (Phi) is 5.59. The van der Waals surface area contributed by atoms with Crippen LogP contribution in [0.2, 0.25) is 0 Å². The minimum Gasteiger partial charge on any atom is -0.478 e. The summed E-state index contributed by atoms with van der Waals surface area (Å²) >= 11 is 0. The fraction of sp³-hybridized carbons (Fsp3) is 0.227. The second-order valence-electron chi connectivity index (χ2n) is 6.76. The van der Waals surface area contributed by atoms with Crippen LogP contribution in [0.15, 0.2) is 64.8 Å². The Hall–Kier alpha value is -3.41. The number of esters is 1. The molecule has 0 aliphatic heterocycles. The van der Waals surface area contributed by atoms with E-state index in [1.54, 1.807) is 25.1 Å². The van der Waals surface area contributed by atoms with Gasteiger partial charge in [0.25, 0.3) is 0 Å². The summed E-state index contributed by atoms with van der Waals surface area (Å²) in [6, 6.07) is 14.2. The summed E-state index contributed by atoms with van der Waals surface area (Å²) < 4.78 is 4.89. The third-order valence-corrected chi connectivity index (χ3v) is 4.54. The van der Waals surface area contributed by atoms with Crippen LogP contribution in [0.5, 0.6) is 0 Å². The van der Waals surface area contributed by atoms with E-state index in [1.165, 1.54) is 7.11 Å². The smallest absolute Gasteiger partial charge is 0.341 e. The number of carbonyl (C=O) groups is 2. The third kappa shape index (κ3) is 4.28. The lowest BCUT2D eigenvalue weighted by atomic mass is 10.0. The number of nitrogens with zero attached hydrogens (tertiary/aromatic N) is 1. The van der Waals surface area contributed by atoms with Gasteiger partial charge in [0.2, 0.25) is 0 Å². The second-order valence-corrected chi connectivity index (χ2v) is 6.76. The van der Waals surface area contributed by atoms with Gasteiger partial charge in [-0.2, -0.15) is 0 Å². The number of benzene rings is 2. The van der Waals surface area contributed by atoms with E-state index < -0.39 is 11.9 Å². The van der Waals surface area contributed by atoms with Crippen molar-refractivity contribution in [2.24, 2.45) is 16.6 Å². The van der Waals surface area contributed by atoms with Crippen molar-refractivity contribution in [1.29, 1.82) is 0 Å². The summed E-state index contributed by atoms with van der Waals surface area (Å²) in [5, 5.41) is 9.20. The molecular formula is C22H22N2O4. The number of hydrogen-bond acceptors (Lipinski definition) is 5. The zero-order valence-electron chi connectivity index (χ0n) is 15.8. The summed E-state index contributed by atoms with van der Waals surface area (Å²) in [5.41, 5.74) is 9.80. The minimum absolute atomic E-state index is 0.187. The van der Waals surface area contributed by atoms with Gasteiger partial charge in [-0.05, 0) is 55.2 Å². The molecule has 1 aliphatic carbocycles. The van der Waals surface area contributed by atoms with E-state index in [2.05, 4.69) is 0 Å². The first kappa shape index (κ1) is 19.4. The summed E-state index contributed by atoms with van der Waals surface area (Å²) in [7, 11) is 1.33. The molecule has 0 spiro atoms. The first-order valence-corrected chi connectivity index (χ1v) is 8.98. The molecular weight excluding hydrogens is 356 g/mol. The first-order chi connectivity index (χ1) is 13.4. The van der Waals surface area contributed by atoms with Crippen LogP contribution in [0.4, 0.5) is 5.69 Å². The third-order valence-electron chi connectivity index (χ3n) is 4.54. The van der Waals surface area contributed by atoms with Crippen LogP contribution in [0.25, 0.3) is 11.1 Å². The van der Waals surface area contributed by atoms with E-state index >= 15 is 0 Å². The molecule has 144 valence electrons. The molecule has 3 N–H and O–H groups in total. The number of aromatic carboxylic acids is 1. The molecule has 0 aromatic heterocycles. The van der Waals surface area contributed by atoms with Gasteiger partial charge in [0.05, 0.1) is 29.6 Å². The molecule has 3 rings (SSSR count). The Balaban J connectivity index is 2.03. The van der Waals surface area contributed by atoms with Gasteiger partial charge in [-0.1, -0.05) is 24.3 Å². The average Bonchev–Trinajstić information content (AvgIpc) is 3.52. The van der Waals surface area contributed by atoms with Crippen LogP contribution >= 0.6 is 0 Å². The van der Waals surface area contributed by atoms with Gasteiger partial charge < -0.3 is 15.6 Å². The highest BCUT2D eigenvalue weighted by molar-refractivity contribution is 6.22. The normalized spacial score (nSPS) is 15.0. The lowest BCUT2D eigenvalue weighted by Crippen LogP contribution is -2.20. The molecule has 0 amide bonds. The van der Waals surface area contributed by atoms with Crippen LogP contribution in [-0.4, -0.2) is 29.9 Å². The zero-order chi connectivity index (χ0) is 20.3. The maximum absolute atomic E-state index is 12.2. The molecule has 0 heterocycles. The number of aliphatic imine (C=N–C) groups is 1. The maximum Gasteiger partial charge on any atom is 0.341 e. The summed E-state index contributed by atoms with van der Waals surface area (Å²) in [5.74, 6) is -1.28. The van der Waals surface area contributed by atoms with E-state index in [1.807, 2.05) is 30.3 Å². The maximum atomic E-state index is 12.2. The molecule has 2 aromatic rings.